The third-order valence-electron chi connectivity index (χ3n) is 3.31. The molecule has 1 saturated heterocycles. The molecule has 0 aromatic heterocycles. The average molecular weight is 234 g/mol. The molecule has 1 nitrogen and oxygen atoms in total. The average Bonchev–Trinajstić information content (AvgIpc) is 2.43. The highest BCUT2D eigenvalue weighted by Gasteiger charge is 2.33. The maximum Gasteiger partial charge on any atom is 0.0931 e. The van der Waals surface area contributed by atoms with Crippen LogP contribution in [-0.4, -0.2) is 6.61 Å². The van der Waals surface area contributed by atoms with E-state index in [2.05, 4.69) is 37.3 Å². The molecule has 1 aromatic rings. The number of hydrogen-bond donors (Lipinski definition) is 0. The van der Waals surface area contributed by atoms with Gasteiger partial charge in [-0.25, -0.2) is 0 Å². The monoisotopic (exact) mass is 234 g/mol. The topological polar surface area (TPSA) is 9.23 Å². The Morgan fingerprint density at radius 1 is 1.12 bits per heavy atom. The summed E-state index contributed by atoms with van der Waals surface area (Å²) in [6.45, 7) is 7.16. The predicted octanol–water partition coefficient (Wildman–Crippen LogP) is 4.91. The van der Waals surface area contributed by atoms with Gasteiger partial charge in [0, 0.05) is 6.61 Å². The van der Waals surface area contributed by atoms with Gasteiger partial charge in [-0.3, -0.25) is 0 Å². The summed E-state index contributed by atoms with van der Waals surface area (Å²) >= 11 is 0. The lowest BCUT2D eigenvalue weighted by atomic mass is 9.83. The zero-order valence-corrected chi connectivity index (χ0v) is 11.5. The van der Waals surface area contributed by atoms with E-state index in [9.17, 15) is 0 Å². The molecule has 1 atom stereocenters. The van der Waals surface area contributed by atoms with Gasteiger partial charge in [-0.2, -0.15) is 0 Å². The molecule has 1 heteroatoms. The quantitative estimate of drug-likeness (QED) is 0.722. The molecular weight excluding hydrogens is 208 g/mol. The molecule has 17 heavy (non-hydrogen) atoms. The Bertz CT molecular complexity index is 280. The van der Waals surface area contributed by atoms with Gasteiger partial charge in [0.2, 0.25) is 0 Å². The minimum Gasteiger partial charge on any atom is -0.370 e. The highest BCUT2D eigenvalue weighted by atomic mass is 16.5. The summed E-state index contributed by atoms with van der Waals surface area (Å²) in [5.74, 6) is 0. The summed E-state index contributed by atoms with van der Waals surface area (Å²) in [7, 11) is 0. The van der Waals surface area contributed by atoms with Crippen LogP contribution in [0.4, 0.5) is 0 Å². The van der Waals surface area contributed by atoms with E-state index in [0.29, 0.717) is 0 Å². The van der Waals surface area contributed by atoms with Crippen LogP contribution in [0, 0.1) is 0 Å². The van der Waals surface area contributed by atoms with Gasteiger partial charge in [-0.15, -0.1) is 0 Å². The van der Waals surface area contributed by atoms with Crippen LogP contribution < -0.4 is 0 Å². The van der Waals surface area contributed by atoms with E-state index in [0.717, 1.165) is 13.0 Å². The fourth-order valence-electron chi connectivity index (χ4n) is 2.57. The van der Waals surface area contributed by atoms with Crippen molar-refractivity contribution in [2.45, 2.75) is 58.5 Å². The standard InChI is InChI=1S/C14H20O.C2H6/c1-2-10-14(11-6-7-12-15-14)13-8-4-3-5-9-13;1-2/h3-5,8-9H,2,6-7,10-12H2,1H3;1-2H3. The second-order valence-electron chi connectivity index (χ2n) is 4.42. The number of benzene rings is 1. The van der Waals surface area contributed by atoms with Crippen LogP contribution in [0.2, 0.25) is 0 Å². The van der Waals surface area contributed by atoms with Crippen molar-refractivity contribution in [2.75, 3.05) is 6.61 Å². The van der Waals surface area contributed by atoms with Gasteiger partial charge < -0.3 is 4.74 Å². The van der Waals surface area contributed by atoms with Crippen LogP contribution >= 0.6 is 0 Å². The second kappa shape index (κ2) is 7.50. The van der Waals surface area contributed by atoms with Crippen LogP contribution in [0.5, 0.6) is 0 Å². The van der Waals surface area contributed by atoms with E-state index in [1.54, 1.807) is 0 Å². The Labute approximate surface area is 106 Å². The maximum absolute atomic E-state index is 6.09. The molecule has 0 aliphatic carbocycles. The molecule has 1 heterocycles. The van der Waals surface area contributed by atoms with E-state index >= 15 is 0 Å². The number of rotatable bonds is 3. The highest BCUT2D eigenvalue weighted by molar-refractivity contribution is 5.23. The molecule has 1 unspecified atom stereocenters. The summed E-state index contributed by atoms with van der Waals surface area (Å²) < 4.78 is 6.09. The second-order valence-corrected chi connectivity index (χ2v) is 4.42. The Balaban J connectivity index is 0.000000686. The molecule has 1 aromatic carbocycles. The molecule has 0 radical (unpaired) electrons. The molecule has 96 valence electrons. The molecule has 0 amide bonds. The SMILES string of the molecule is CC.CCCC1(c2ccccc2)CCCCO1. The largest absolute Gasteiger partial charge is 0.370 e. The maximum atomic E-state index is 6.09. The van der Waals surface area contributed by atoms with Crippen LogP contribution in [0.15, 0.2) is 30.3 Å². The molecule has 0 N–H and O–H groups in total. The third kappa shape index (κ3) is 3.57. The van der Waals surface area contributed by atoms with Crippen LogP contribution in [0.1, 0.15) is 58.4 Å². The Morgan fingerprint density at radius 2 is 1.82 bits per heavy atom. The van der Waals surface area contributed by atoms with Crippen LogP contribution in [0.3, 0.4) is 0 Å². The molecule has 2 rings (SSSR count). The minimum absolute atomic E-state index is 0.0221. The molecule has 0 spiro atoms. The minimum atomic E-state index is 0.0221. The fourth-order valence-corrected chi connectivity index (χ4v) is 2.57. The van der Waals surface area contributed by atoms with Crippen molar-refractivity contribution >= 4 is 0 Å². The lowest BCUT2D eigenvalue weighted by molar-refractivity contribution is -0.0898. The van der Waals surface area contributed by atoms with Crippen LogP contribution in [0.25, 0.3) is 0 Å². The van der Waals surface area contributed by atoms with Crippen molar-refractivity contribution in [3.63, 3.8) is 0 Å². The normalized spacial score (nSPS) is 23.7. The Hall–Kier alpha value is -0.820. The summed E-state index contributed by atoms with van der Waals surface area (Å²) in [5, 5.41) is 0. The molecule has 1 fully saturated rings. The summed E-state index contributed by atoms with van der Waals surface area (Å²) in [4.78, 5) is 0. The molecule has 0 saturated carbocycles. The van der Waals surface area contributed by atoms with Gasteiger partial charge in [0.1, 0.15) is 0 Å². The smallest absolute Gasteiger partial charge is 0.0931 e. The number of ether oxygens (including phenoxy) is 1. The Morgan fingerprint density at radius 3 is 2.35 bits per heavy atom. The zero-order chi connectivity index (χ0) is 12.6. The highest BCUT2D eigenvalue weighted by Crippen LogP contribution is 2.38. The van der Waals surface area contributed by atoms with Gasteiger partial charge in [-0.05, 0) is 31.2 Å². The summed E-state index contributed by atoms with van der Waals surface area (Å²) in [5.41, 5.74) is 1.39. The van der Waals surface area contributed by atoms with Crippen molar-refractivity contribution in [3.05, 3.63) is 35.9 Å². The summed E-state index contributed by atoms with van der Waals surface area (Å²) in [6.07, 6.45) is 6.05. The van der Waals surface area contributed by atoms with E-state index < -0.39 is 0 Å². The fraction of sp³-hybridized carbons (Fsp3) is 0.625. The first kappa shape index (κ1) is 14.2. The van der Waals surface area contributed by atoms with Crippen molar-refractivity contribution in [1.82, 2.24) is 0 Å². The predicted molar refractivity (Wildman–Crippen MR) is 74.2 cm³/mol. The van der Waals surface area contributed by atoms with Crippen molar-refractivity contribution in [2.24, 2.45) is 0 Å². The van der Waals surface area contributed by atoms with Gasteiger partial charge in [0.15, 0.2) is 0 Å². The first-order valence-corrected chi connectivity index (χ1v) is 7.07. The van der Waals surface area contributed by atoms with E-state index in [1.807, 2.05) is 13.8 Å². The van der Waals surface area contributed by atoms with Gasteiger partial charge >= 0.3 is 0 Å². The zero-order valence-electron chi connectivity index (χ0n) is 11.5. The van der Waals surface area contributed by atoms with E-state index in [1.165, 1.54) is 31.2 Å². The molecule has 0 bridgehead atoms. The van der Waals surface area contributed by atoms with Crippen LogP contribution in [-0.2, 0) is 10.3 Å². The summed E-state index contributed by atoms with van der Waals surface area (Å²) in [6, 6.07) is 10.7. The molecular formula is C16H26O. The molecule has 1 aliphatic rings. The van der Waals surface area contributed by atoms with Gasteiger partial charge in [-0.1, -0.05) is 57.5 Å². The first-order valence-electron chi connectivity index (χ1n) is 7.07. The van der Waals surface area contributed by atoms with Crippen molar-refractivity contribution in [1.29, 1.82) is 0 Å². The first-order chi connectivity index (χ1) is 8.37. The van der Waals surface area contributed by atoms with E-state index in [-0.39, 0.29) is 5.60 Å². The Kier molecular flexibility index (Phi) is 6.28. The number of hydrogen-bond acceptors (Lipinski definition) is 1. The molecule has 1 aliphatic heterocycles. The van der Waals surface area contributed by atoms with Gasteiger partial charge in [0.05, 0.1) is 5.60 Å². The van der Waals surface area contributed by atoms with Crippen molar-refractivity contribution < 1.29 is 4.74 Å². The lowest BCUT2D eigenvalue weighted by Gasteiger charge is -2.38. The van der Waals surface area contributed by atoms with Gasteiger partial charge in [0.25, 0.3) is 0 Å². The third-order valence-corrected chi connectivity index (χ3v) is 3.31. The van der Waals surface area contributed by atoms with Crippen molar-refractivity contribution in [3.8, 4) is 0 Å². The lowest BCUT2D eigenvalue weighted by Crippen LogP contribution is -2.33. The van der Waals surface area contributed by atoms with E-state index in [4.69, 9.17) is 4.74 Å².